The minimum Gasteiger partial charge on any atom is -0.460 e. The third-order valence-electron chi connectivity index (χ3n) is 3.37. The summed E-state index contributed by atoms with van der Waals surface area (Å²) in [6.45, 7) is -0.0104. The lowest BCUT2D eigenvalue weighted by Crippen LogP contribution is -2.10. The molecule has 120 valence electrons. The van der Waals surface area contributed by atoms with Crippen LogP contribution in [0, 0.1) is 12.3 Å². The summed E-state index contributed by atoms with van der Waals surface area (Å²) in [7, 11) is 0. The van der Waals surface area contributed by atoms with E-state index in [9.17, 15) is 14.4 Å². The van der Waals surface area contributed by atoms with Gasteiger partial charge in [-0.25, -0.2) is 4.79 Å². The average Bonchev–Trinajstić information content (AvgIpc) is 2.96. The third kappa shape index (κ3) is 2.64. The van der Waals surface area contributed by atoms with Gasteiger partial charge in [0.05, 0.1) is 10.9 Å². The number of carbonyl (C=O) groups excluding carboxylic acids is 1. The zero-order valence-electron chi connectivity index (χ0n) is 12.2. The third-order valence-corrected chi connectivity index (χ3v) is 3.60. The zero-order chi connectivity index (χ0) is 17.3. The number of hydrogen-bond donors (Lipinski definition) is 2. The van der Waals surface area contributed by atoms with E-state index in [0.717, 1.165) is 0 Å². The molecule has 0 bridgehead atoms. The normalized spacial score (nSPS) is 10.7. The maximum absolute atomic E-state index is 12.8. The van der Waals surface area contributed by atoms with Crippen LogP contribution in [0.1, 0.15) is 16.9 Å². The van der Waals surface area contributed by atoms with E-state index in [1.807, 2.05) is 0 Å². The van der Waals surface area contributed by atoms with Gasteiger partial charge in [0.25, 0.3) is 5.56 Å². The van der Waals surface area contributed by atoms with Crippen molar-refractivity contribution >= 4 is 39.4 Å². The van der Waals surface area contributed by atoms with Gasteiger partial charge >= 0.3 is 5.97 Å². The molecule has 3 aromatic rings. The van der Waals surface area contributed by atoms with Crippen molar-refractivity contribution in [1.29, 1.82) is 0 Å². The summed E-state index contributed by atoms with van der Waals surface area (Å²) < 4.78 is 4.96. The highest BCUT2D eigenvalue weighted by Gasteiger charge is 2.20. The van der Waals surface area contributed by atoms with Crippen LogP contribution < -0.4 is 11.0 Å². The summed E-state index contributed by atoms with van der Waals surface area (Å²) in [5, 5.41) is 6.58. The van der Waals surface area contributed by atoms with Crippen LogP contribution in [-0.4, -0.2) is 27.8 Å². The number of halogens is 1. The van der Waals surface area contributed by atoms with Crippen molar-refractivity contribution in [2.24, 2.45) is 0 Å². The molecule has 7 nitrogen and oxygen atoms in total. The Hall–Kier alpha value is -3.11. The summed E-state index contributed by atoms with van der Waals surface area (Å²) in [6, 6.07) is 4.44. The fraction of sp³-hybridized carbons (Fsp3) is 0.125. The fourth-order valence-corrected chi connectivity index (χ4v) is 2.46. The van der Waals surface area contributed by atoms with E-state index >= 15 is 0 Å². The lowest BCUT2D eigenvalue weighted by Gasteiger charge is -1.99. The fourth-order valence-electron chi connectivity index (χ4n) is 2.28. The topological polar surface area (TPSA) is 105 Å². The molecule has 0 aliphatic rings. The van der Waals surface area contributed by atoms with Crippen molar-refractivity contribution in [2.75, 3.05) is 6.61 Å². The molecule has 0 fully saturated rings. The number of H-pyrrole nitrogens is 2. The standard InChI is InChI=1S/C16H10ClN3O4/c1-2-3-6-24-16(23)13-11-12(19-20-13)15(22)18-10-7-8(17)4-5-9(10)14(11)21/h1,4-5,7H,3,6H2,(H,18,22)(H,19,20). The Morgan fingerprint density at radius 2 is 2.17 bits per heavy atom. The van der Waals surface area contributed by atoms with E-state index in [1.165, 1.54) is 18.2 Å². The summed E-state index contributed by atoms with van der Waals surface area (Å²) in [6.07, 6.45) is 5.32. The van der Waals surface area contributed by atoms with E-state index in [2.05, 4.69) is 21.1 Å². The molecule has 0 saturated heterocycles. The van der Waals surface area contributed by atoms with Crippen molar-refractivity contribution in [1.82, 2.24) is 15.2 Å². The number of rotatable bonds is 3. The highest BCUT2D eigenvalue weighted by molar-refractivity contribution is 6.31. The number of ether oxygens (including phenoxy) is 1. The Morgan fingerprint density at radius 3 is 2.92 bits per heavy atom. The summed E-state index contributed by atoms with van der Waals surface area (Å²) in [5.74, 6) is 1.49. The van der Waals surface area contributed by atoms with Crippen molar-refractivity contribution in [3.05, 3.63) is 49.5 Å². The van der Waals surface area contributed by atoms with Gasteiger partial charge in [0.2, 0.25) is 0 Å². The molecule has 2 N–H and O–H groups in total. The number of esters is 1. The summed E-state index contributed by atoms with van der Waals surface area (Å²) >= 11 is 5.89. The molecule has 3 rings (SSSR count). The van der Waals surface area contributed by atoms with E-state index in [0.29, 0.717) is 5.02 Å². The zero-order valence-corrected chi connectivity index (χ0v) is 12.9. The quantitative estimate of drug-likeness (QED) is 0.427. The first kappa shape index (κ1) is 15.8. The van der Waals surface area contributed by atoms with E-state index < -0.39 is 17.0 Å². The first-order valence-electron chi connectivity index (χ1n) is 6.87. The van der Waals surface area contributed by atoms with Crippen LogP contribution in [0.25, 0.3) is 21.8 Å². The molecular weight excluding hydrogens is 334 g/mol. The Bertz CT molecular complexity index is 1120. The lowest BCUT2D eigenvalue weighted by molar-refractivity contribution is 0.0509. The first-order chi connectivity index (χ1) is 11.5. The monoisotopic (exact) mass is 343 g/mol. The van der Waals surface area contributed by atoms with Gasteiger partial charge in [-0.15, -0.1) is 12.3 Å². The highest BCUT2D eigenvalue weighted by Crippen LogP contribution is 2.16. The number of terminal acetylenes is 1. The number of benzene rings is 1. The number of hydrogen-bond acceptors (Lipinski definition) is 5. The molecule has 0 radical (unpaired) electrons. The van der Waals surface area contributed by atoms with Gasteiger partial charge in [0.1, 0.15) is 12.1 Å². The van der Waals surface area contributed by atoms with E-state index in [-0.39, 0.29) is 40.5 Å². The predicted molar refractivity (Wildman–Crippen MR) is 89.2 cm³/mol. The molecule has 0 aliphatic carbocycles. The molecule has 0 aliphatic heterocycles. The SMILES string of the molecule is C#CCCOC(=O)c1n[nH]c2c(=O)[nH]c3cc(Cl)ccc3c(=O)c12. The minimum absolute atomic E-state index is 0.0104. The second kappa shape index (κ2) is 6.18. The lowest BCUT2D eigenvalue weighted by atomic mass is 10.2. The van der Waals surface area contributed by atoms with Gasteiger partial charge in [0, 0.05) is 16.8 Å². The Morgan fingerprint density at radius 1 is 1.38 bits per heavy atom. The molecule has 8 heteroatoms. The molecule has 2 heterocycles. The summed E-state index contributed by atoms with van der Waals surface area (Å²) in [4.78, 5) is 39.7. The largest absolute Gasteiger partial charge is 0.460 e. The van der Waals surface area contributed by atoms with Crippen LogP contribution in [0.3, 0.4) is 0 Å². The molecule has 0 unspecified atom stereocenters. The average molecular weight is 344 g/mol. The molecule has 0 saturated carbocycles. The van der Waals surface area contributed by atoms with Gasteiger partial charge in [-0.1, -0.05) is 11.6 Å². The van der Waals surface area contributed by atoms with Crippen LogP contribution in [0.15, 0.2) is 27.8 Å². The number of fused-ring (bicyclic) bond motifs is 2. The number of aromatic nitrogens is 3. The first-order valence-corrected chi connectivity index (χ1v) is 7.25. The van der Waals surface area contributed by atoms with Crippen LogP contribution in [0.2, 0.25) is 5.02 Å². The van der Waals surface area contributed by atoms with Gasteiger partial charge < -0.3 is 9.72 Å². The molecule has 0 atom stereocenters. The Balaban J connectivity index is 2.30. The highest BCUT2D eigenvalue weighted by atomic mass is 35.5. The van der Waals surface area contributed by atoms with Crippen LogP contribution in [0.5, 0.6) is 0 Å². The molecule has 24 heavy (non-hydrogen) atoms. The number of aromatic amines is 2. The van der Waals surface area contributed by atoms with Gasteiger partial charge in [0.15, 0.2) is 11.1 Å². The van der Waals surface area contributed by atoms with Crippen molar-refractivity contribution < 1.29 is 9.53 Å². The predicted octanol–water partition coefficient (Wildman–Crippen LogP) is 1.60. The number of nitrogens with zero attached hydrogens (tertiary/aromatic N) is 1. The molecule has 1 aromatic carbocycles. The van der Waals surface area contributed by atoms with E-state index in [1.54, 1.807) is 0 Å². The van der Waals surface area contributed by atoms with Gasteiger partial charge in [-0.05, 0) is 18.2 Å². The van der Waals surface area contributed by atoms with Gasteiger partial charge in [-0.3, -0.25) is 14.7 Å². The molecule has 0 spiro atoms. The molecule has 0 amide bonds. The molecule has 2 aromatic heterocycles. The minimum atomic E-state index is -0.832. The van der Waals surface area contributed by atoms with Gasteiger partial charge in [-0.2, -0.15) is 5.10 Å². The molecular formula is C16H10ClN3O4. The Labute approximate surface area is 139 Å². The van der Waals surface area contributed by atoms with Crippen LogP contribution in [0.4, 0.5) is 0 Å². The maximum atomic E-state index is 12.8. The second-order valence-electron chi connectivity index (χ2n) is 4.89. The second-order valence-corrected chi connectivity index (χ2v) is 5.32. The summed E-state index contributed by atoms with van der Waals surface area (Å²) in [5.41, 5.74) is -1.25. The van der Waals surface area contributed by atoms with Crippen molar-refractivity contribution in [3.63, 3.8) is 0 Å². The van der Waals surface area contributed by atoms with E-state index in [4.69, 9.17) is 22.8 Å². The maximum Gasteiger partial charge on any atom is 0.359 e. The smallest absolute Gasteiger partial charge is 0.359 e. The number of nitrogens with one attached hydrogen (secondary N) is 2. The Kier molecular flexibility index (Phi) is 4.06. The van der Waals surface area contributed by atoms with Crippen LogP contribution in [-0.2, 0) is 4.74 Å². The van der Waals surface area contributed by atoms with Crippen molar-refractivity contribution in [3.8, 4) is 12.3 Å². The van der Waals surface area contributed by atoms with Crippen molar-refractivity contribution in [2.45, 2.75) is 6.42 Å². The number of carbonyl (C=O) groups is 1. The van der Waals surface area contributed by atoms with Crippen LogP contribution >= 0.6 is 11.6 Å².